The summed E-state index contributed by atoms with van der Waals surface area (Å²) < 4.78 is 28.7. The maximum absolute atomic E-state index is 13.0. The number of carbonyl (C=O) groups excluding carboxylic acids is 1. The average molecular weight is 421 g/mol. The van der Waals surface area contributed by atoms with Crippen molar-refractivity contribution in [2.24, 2.45) is 0 Å². The summed E-state index contributed by atoms with van der Waals surface area (Å²) in [5.41, 5.74) is 3.78. The van der Waals surface area contributed by atoms with Crippen molar-refractivity contribution in [1.82, 2.24) is 0 Å². The molecule has 0 aromatic heterocycles. The van der Waals surface area contributed by atoms with E-state index < -0.39 is 10.0 Å². The van der Waals surface area contributed by atoms with E-state index in [-0.39, 0.29) is 16.8 Å². The molecule has 0 unspecified atom stereocenters. The van der Waals surface area contributed by atoms with Crippen LogP contribution in [0.15, 0.2) is 77.7 Å². The molecule has 0 aliphatic carbocycles. The van der Waals surface area contributed by atoms with Crippen LogP contribution in [0.2, 0.25) is 0 Å². The summed E-state index contributed by atoms with van der Waals surface area (Å²) in [6, 6.07) is 21.5. The summed E-state index contributed by atoms with van der Waals surface area (Å²) in [7, 11) is -3.73. The standard InChI is InChI=1S/C24H24N2O3S/c1-3-18-9-7-8-12-22(18)25-30(28,29)21-13-14-23-20(16-21)15-17(2)26(23)24(27)19-10-5-4-6-11-19/h4-14,16-17,25H,3,15H2,1-2H3/t17-/m0/s1. The van der Waals surface area contributed by atoms with Gasteiger partial charge in [-0.15, -0.1) is 0 Å². The van der Waals surface area contributed by atoms with Crippen molar-refractivity contribution in [3.8, 4) is 0 Å². The lowest BCUT2D eigenvalue weighted by atomic mass is 10.1. The average Bonchev–Trinajstić information content (AvgIpc) is 3.09. The summed E-state index contributed by atoms with van der Waals surface area (Å²) >= 11 is 0. The van der Waals surface area contributed by atoms with Gasteiger partial charge in [0.1, 0.15) is 0 Å². The highest BCUT2D eigenvalue weighted by Gasteiger charge is 2.32. The van der Waals surface area contributed by atoms with Crippen LogP contribution in [0, 0.1) is 0 Å². The van der Waals surface area contributed by atoms with Gasteiger partial charge in [-0.3, -0.25) is 9.52 Å². The van der Waals surface area contributed by atoms with Crippen molar-refractivity contribution in [2.45, 2.75) is 37.6 Å². The van der Waals surface area contributed by atoms with Crippen molar-refractivity contribution in [2.75, 3.05) is 9.62 Å². The van der Waals surface area contributed by atoms with E-state index in [2.05, 4.69) is 4.72 Å². The monoisotopic (exact) mass is 420 g/mol. The quantitative estimate of drug-likeness (QED) is 0.654. The van der Waals surface area contributed by atoms with Gasteiger partial charge in [-0.25, -0.2) is 8.42 Å². The lowest BCUT2D eigenvalue weighted by molar-refractivity contribution is 0.0981. The van der Waals surface area contributed by atoms with E-state index in [1.165, 1.54) is 0 Å². The minimum atomic E-state index is -3.73. The van der Waals surface area contributed by atoms with Gasteiger partial charge in [0.15, 0.2) is 0 Å². The molecule has 1 heterocycles. The molecule has 0 spiro atoms. The number of nitrogens with one attached hydrogen (secondary N) is 1. The molecule has 6 heteroatoms. The maximum atomic E-state index is 13.0. The predicted molar refractivity (Wildman–Crippen MR) is 119 cm³/mol. The van der Waals surface area contributed by atoms with Gasteiger partial charge in [0.2, 0.25) is 0 Å². The molecule has 0 saturated heterocycles. The maximum Gasteiger partial charge on any atom is 0.261 e. The summed E-state index contributed by atoms with van der Waals surface area (Å²) in [5, 5.41) is 0. The SMILES string of the molecule is CCc1ccccc1NS(=O)(=O)c1ccc2c(c1)C[C@H](C)N2C(=O)c1ccccc1. The number of rotatable bonds is 5. The Hall–Kier alpha value is -3.12. The normalized spacial score (nSPS) is 15.7. The summed E-state index contributed by atoms with van der Waals surface area (Å²) in [6.45, 7) is 3.97. The van der Waals surface area contributed by atoms with Gasteiger partial charge in [-0.2, -0.15) is 0 Å². The van der Waals surface area contributed by atoms with Gasteiger partial charge < -0.3 is 4.90 Å². The number of hydrogen-bond acceptors (Lipinski definition) is 3. The molecule has 0 saturated carbocycles. The highest BCUT2D eigenvalue weighted by Crippen LogP contribution is 2.35. The number of amides is 1. The molecule has 0 bridgehead atoms. The van der Waals surface area contributed by atoms with Crippen molar-refractivity contribution in [3.05, 3.63) is 89.5 Å². The van der Waals surface area contributed by atoms with Crippen molar-refractivity contribution in [1.29, 1.82) is 0 Å². The molecule has 3 aromatic rings. The third kappa shape index (κ3) is 3.71. The van der Waals surface area contributed by atoms with Crippen molar-refractivity contribution >= 4 is 27.3 Å². The Balaban J connectivity index is 1.65. The number of carbonyl (C=O) groups is 1. The van der Waals surface area contributed by atoms with Gasteiger partial charge in [-0.1, -0.05) is 43.3 Å². The highest BCUT2D eigenvalue weighted by molar-refractivity contribution is 7.92. The third-order valence-electron chi connectivity index (χ3n) is 5.46. The molecule has 0 radical (unpaired) electrons. The number of para-hydroxylation sites is 1. The number of benzene rings is 3. The lowest BCUT2D eigenvalue weighted by Crippen LogP contribution is -2.35. The Morgan fingerprint density at radius 1 is 1.03 bits per heavy atom. The fraction of sp³-hybridized carbons (Fsp3) is 0.208. The number of sulfonamides is 1. The number of aryl methyl sites for hydroxylation is 1. The molecular formula is C24H24N2O3S. The van der Waals surface area contributed by atoms with Gasteiger partial charge in [0, 0.05) is 17.3 Å². The summed E-state index contributed by atoms with van der Waals surface area (Å²) in [5.74, 6) is -0.0764. The first-order valence-corrected chi connectivity index (χ1v) is 11.5. The van der Waals surface area contributed by atoms with Crippen LogP contribution in [0.4, 0.5) is 11.4 Å². The first-order chi connectivity index (χ1) is 14.4. The largest absolute Gasteiger partial charge is 0.305 e. The van der Waals surface area contributed by atoms with Gasteiger partial charge in [-0.05, 0) is 67.3 Å². The van der Waals surface area contributed by atoms with Gasteiger partial charge >= 0.3 is 0 Å². The van der Waals surface area contributed by atoms with E-state index in [0.29, 0.717) is 17.7 Å². The Labute approximate surface area is 177 Å². The van der Waals surface area contributed by atoms with Crippen LogP contribution in [-0.4, -0.2) is 20.4 Å². The molecule has 1 atom stereocenters. The number of hydrogen-bond donors (Lipinski definition) is 1. The van der Waals surface area contributed by atoms with Crippen LogP contribution in [0.25, 0.3) is 0 Å². The fourth-order valence-electron chi connectivity index (χ4n) is 3.94. The predicted octanol–water partition coefficient (Wildman–Crippen LogP) is 4.64. The Kier molecular flexibility index (Phi) is 5.35. The van der Waals surface area contributed by atoms with E-state index >= 15 is 0 Å². The number of nitrogens with zero attached hydrogens (tertiary/aromatic N) is 1. The van der Waals surface area contributed by atoms with Crippen LogP contribution < -0.4 is 9.62 Å². The molecule has 1 amide bonds. The van der Waals surface area contributed by atoms with E-state index in [1.54, 1.807) is 41.3 Å². The molecule has 1 N–H and O–H groups in total. The van der Waals surface area contributed by atoms with E-state index in [0.717, 1.165) is 23.2 Å². The van der Waals surface area contributed by atoms with E-state index in [1.807, 2.05) is 50.2 Å². The first-order valence-electron chi connectivity index (χ1n) is 10.0. The Morgan fingerprint density at radius 3 is 2.47 bits per heavy atom. The zero-order valence-electron chi connectivity index (χ0n) is 17.0. The van der Waals surface area contributed by atoms with Gasteiger partial charge in [0.25, 0.3) is 15.9 Å². The first kappa shape index (κ1) is 20.2. The Bertz CT molecular complexity index is 1190. The van der Waals surface area contributed by atoms with Crippen LogP contribution in [0.1, 0.15) is 35.3 Å². The molecule has 0 fully saturated rings. The van der Waals surface area contributed by atoms with Crippen LogP contribution in [0.3, 0.4) is 0 Å². The second-order valence-corrected chi connectivity index (χ2v) is 9.18. The Morgan fingerprint density at radius 2 is 1.73 bits per heavy atom. The molecule has 5 nitrogen and oxygen atoms in total. The summed E-state index contributed by atoms with van der Waals surface area (Å²) in [6.07, 6.45) is 1.35. The zero-order chi connectivity index (χ0) is 21.3. The smallest absolute Gasteiger partial charge is 0.261 e. The molecule has 154 valence electrons. The molecule has 4 rings (SSSR count). The minimum Gasteiger partial charge on any atom is -0.305 e. The number of anilines is 2. The van der Waals surface area contributed by atoms with Crippen molar-refractivity contribution in [3.63, 3.8) is 0 Å². The molecule has 1 aliphatic rings. The second kappa shape index (κ2) is 7.95. The third-order valence-corrected chi connectivity index (χ3v) is 6.82. The fourth-order valence-corrected chi connectivity index (χ4v) is 5.09. The molecular weight excluding hydrogens is 396 g/mol. The van der Waals surface area contributed by atoms with E-state index in [4.69, 9.17) is 0 Å². The lowest BCUT2D eigenvalue weighted by Gasteiger charge is -2.23. The summed E-state index contributed by atoms with van der Waals surface area (Å²) in [4.78, 5) is 15.0. The minimum absolute atomic E-state index is 0.0422. The molecule has 1 aliphatic heterocycles. The molecule has 30 heavy (non-hydrogen) atoms. The zero-order valence-corrected chi connectivity index (χ0v) is 17.8. The topological polar surface area (TPSA) is 66.5 Å². The van der Waals surface area contributed by atoms with E-state index in [9.17, 15) is 13.2 Å². The number of fused-ring (bicyclic) bond motifs is 1. The second-order valence-electron chi connectivity index (χ2n) is 7.50. The van der Waals surface area contributed by atoms with Crippen molar-refractivity contribution < 1.29 is 13.2 Å². The van der Waals surface area contributed by atoms with Crippen LogP contribution in [-0.2, 0) is 22.9 Å². The molecule has 3 aromatic carbocycles. The van der Waals surface area contributed by atoms with Crippen LogP contribution in [0.5, 0.6) is 0 Å². The van der Waals surface area contributed by atoms with Crippen LogP contribution >= 0.6 is 0 Å². The highest BCUT2D eigenvalue weighted by atomic mass is 32.2. The van der Waals surface area contributed by atoms with Gasteiger partial charge in [0.05, 0.1) is 10.6 Å².